The molecule has 0 heterocycles. The topological polar surface area (TPSA) is 17.1 Å². The van der Waals surface area contributed by atoms with Gasteiger partial charge in [0.1, 0.15) is 0 Å². The van der Waals surface area contributed by atoms with E-state index in [4.69, 9.17) is 0 Å². The number of halogens is 2. The SMILES string of the molecule is C=C(/C(=C(\C)CCCCCCCCCS(=O)CCCC(C)(F)F)c1ccc(C)cc1)c1ccc(C)cc1C.C=C1CCC2C3C4C/C=C(\C)CC/C=C(\C)CC/C=C\CCc5ccc(c(c5)C4)C3CCC12C. The van der Waals surface area contributed by atoms with Crippen LogP contribution >= 0.6 is 0 Å². The first-order chi connectivity index (χ1) is 34.4. The van der Waals surface area contributed by atoms with Crippen LogP contribution < -0.4 is 0 Å². The van der Waals surface area contributed by atoms with E-state index < -0.39 is 16.7 Å². The van der Waals surface area contributed by atoms with Gasteiger partial charge < -0.3 is 0 Å². The van der Waals surface area contributed by atoms with Gasteiger partial charge in [0.25, 0.3) is 0 Å². The number of benzene rings is 3. The van der Waals surface area contributed by atoms with Gasteiger partial charge in [0.2, 0.25) is 5.92 Å². The zero-order valence-corrected chi connectivity index (χ0v) is 47.2. The van der Waals surface area contributed by atoms with Crippen LogP contribution in [0.5, 0.6) is 0 Å². The quantitative estimate of drug-likeness (QED) is 0.0748. The van der Waals surface area contributed by atoms with Crippen molar-refractivity contribution in [2.45, 2.75) is 208 Å². The largest absolute Gasteiger partial charge is 0.260 e. The van der Waals surface area contributed by atoms with Gasteiger partial charge in [-0.15, -0.1) is 0 Å². The van der Waals surface area contributed by atoms with E-state index in [1.165, 1.54) is 135 Å². The summed E-state index contributed by atoms with van der Waals surface area (Å²) in [7, 11) is -0.958. The molecular formula is C68H94F2OS. The zero-order valence-electron chi connectivity index (χ0n) is 46.3. The Bertz CT molecular complexity index is 2420. The van der Waals surface area contributed by atoms with Gasteiger partial charge in [-0.1, -0.05) is 171 Å². The molecule has 0 radical (unpaired) electrons. The fourth-order valence-electron chi connectivity index (χ4n) is 13.0. The maximum atomic E-state index is 12.9. The predicted octanol–water partition coefficient (Wildman–Crippen LogP) is 20.1. The minimum Gasteiger partial charge on any atom is -0.260 e. The number of hydrogen-bond donors (Lipinski definition) is 0. The minimum absolute atomic E-state index is 0.167. The van der Waals surface area contributed by atoms with Crippen molar-refractivity contribution in [2.75, 3.05) is 11.5 Å². The van der Waals surface area contributed by atoms with Crippen LogP contribution in [0.2, 0.25) is 0 Å². The Kier molecular flexibility index (Phi) is 22.0. The number of allylic oxidation sites excluding steroid dienone is 10. The summed E-state index contributed by atoms with van der Waals surface area (Å²) in [6.45, 7) is 26.0. The maximum absolute atomic E-state index is 12.9. The van der Waals surface area contributed by atoms with E-state index in [0.29, 0.717) is 23.3 Å². The highest BCUT2D eigenvalue weighted by molar-refractivity contribution is 7.84. The summed E-state index contributed by atoms with van der Waals surface area (Å²) < 4.78 is 37.7. The first-order valence-electron chi connectivity index (χ1n) is 28.5. The van der Waals surface area contributed by atoms with Crippen LogP contribution in [0.1, 0.15) is 213 Å². The summed E-state index contributed by atoms with van der Waals surface area (Å²) >= 11 is 0. The van der Waals surface area contributed by atoms with E-state index in [9.17, 15) is 13.0 Å². The molecule has 0 saturated heterocycles. The van der Waals surface area contributed by atoms with Gasteiger partial charge in [-0.3, -0.25) is 4.21 Å². The molecule has 6 atom stereocenters. The number of rotatable bonds is 17. The highest BCUT2D eigenvalue weighted by Gasteiger charge is 2.54. The van der Waals surface area contributed by atoms with Crippen LogP contribution in [-0.4, -0.2) is 21.6 Å². The van der Waals surface area contributed by atoms with E-state index in [-0.39, 0.29) is 6.42 Å². The molecule has 7 rings (SSSR count). The van der Waals surface area contributed by atoms with Gasteiger partial charge in [-0.05, 0) is 225 Å². The van der Waals surface area contributed by atoms with Crippen molar-refractivity contribution in [3.8, 4) is 0 Å². The molecule has 3 aromatic carbocycles. The molecule has 0 aromatic heterocycles. The highest BCUT2D eigenvalue weighted by atomic mass is 32.2. The Hall–Kier alpha value is -3.89. The Morgan fingerprint density at radius 3 is 2.12 bits per heavy atom. The molecule has 2 fully saturated rings. The summed E-state index contributed by atoms with van der Waals surface area (Å²) in [6.07, 6.45) is 34.1. The monoisotopic (exact) mass is 997 g/mol. The molecule has 0 N–H and O–H groups in total. The van der Waals surface area contributed by atoms with Crippen LogP contribution in [0.4, 0.5) is 8.78 Å². The average Bonchev–Trinajstić information content (AvgIpc) is 3.64. The molecule has 0 aliphatic heterocycles. The number of fused-ring (bicyclic) bond motifs is 7. The van der Waals surface area contributed by atoms with Gasteiger partial charge in [-0.2, -0.15) is 0 Å². The van der Waals surface area contributed by atoms with Gasteiger partial charge in [0.05, 0.1) is 0 Å². The van der Waals surface area contributed by atoms with Crippen molar-refractivity contribution in [3.05, 3.63) is 165 Å². The summed E-state index contributed by atoms with van der Waals surface area (Å²) in [5.41, 5.74) is 20.0. The molecule has 2 saturated carbocycles. The van der Waals surface area contributed by atoms with E-state index in [1.807, 2.05) is 0 Å². The van der Waals surface area contributed by atoms with Crippen molar-refractivity contribution in [2.24, 2.45) is 23.2 Å². The van der Waals surface area contributed by atoms with Gasteiger partial charge in [0.15, 0.2) is 0 Å². The molecule has 4 heteroatoms. The lowest BCUT2D eigenvalue weighted by Gasteiger charge is -2.52. The highest BCUT2D eigenvalue weighted by Crippen LogP contribution is 2.64. The fraction of sp³-hybridized carbons (Fsp3) is 0.559. The smallest absolute Gasteiger partial charge is 0.245 e. The third-order valence-electron chi connectivity index (χ3n) is 17.4. The third-order valence-corrected chi connectivity index (χ3v) is 18.9. The van der Waals surface area contributed by atoms with Crippen LogP contribution in [0, 0.1) is 43.9 Å². The summed E-state index contributed by atoms with van der Waals surface area (Å²) in [6, 6.07) is 23.0. The molecule has 72 heavy (non-hydrogen) atoms. The summed E-state index contributed by atoms with van der Waals surface area (Å²) in [5, 5.41) is 0. The Labute approximate surface area is 440 Å². The van der Waals surface area contributed by atoms with Gasteiger partial charge in [0, 0.05) is 28.7 Å². The Morgan fingerprint density at radius 1 is 0.750 bits per heavy atom. The standard InChI is InChI=1S/C34H48F2OS.C34H46/c1-26-16-19-31(20-17-26)33(30(5)32-21-18-27(2)25-29(32)4)28(3)15-12-10-8-7-9-11-13-23-38(37)24-14-22-34(6,35)36;1-24-10-7-5-6-8-13-27-16-18-30-29(22-27)23-28(17-14-25(2)12-9-11-24)33-31(30)20-21-34(4)26(3)15-19-32(33)34/h16-21,25H,5,7-15,22-24H2,1-4,6H3;5-6,11,14,16,18,22,28,31-33H,3,7-10,12-13,15,17,19-21,23H2,1-2,4H3/b33-28-;6-5-,24-11+,25-14+. The molecule has 4 aliphatic carbocycles. The maximum Gasteiger partial charge on any atom is 0.245 e. The fourth-order valence-corrected chi connectivity index (χ4v) is 14.2. The Morgan fingerprint density at radius 2 is 1.40 bits per heavy atom. The molecule has 3 aromatic rings. The third kappa shape index (κ3) is 16.6. The number of hydrogen-bond acceptors (Lipinski definition) is 1. The van der Waals surface area contributed by atoms with Gasteiger partial charge >= 0.3 is 0 Å². The van der Waals surface area contributed by atoms with Crippen molar-refractivity contribution < 1.29 is 13.0 Å². The van der Waals surface area contributed by atoms with Crippen LogP contribution in [0.3, 0.4) is 0 Å². The van der Waals surface area contributed by atoms with E-state index in [0.717, 1.165) is 68.3 Å². The molecule has 0 spiro atoms. The number of aryl methyl sites for hydroxylation is 4. The van der Waals surface area contributed by atoms with Crippen LogP contribution in [0.15, 0.2) is 120 Å². The van der Waals surface area contributed by atoms with Crippen LogP contribution in [0.25, 0.3) is 11.1 Å². The molecule has 4 aliphatic rings. The van der Waals surface area contributed by atoms with Gasteiger partial charge in [-0.25, -0.2) is 8.78 Å². The lowest BCUT2D eigenvalue weighted by molar-refractivity contribution is 0.0125. The molecule has 0 amide bonds. The second-order valence-corrected chi connectivity index (χ2v) is 25.1. The molecule has 392 valence electrons. The van der Waals surface area contributed by atoms with Crippen molar-refractivity contribution in [1.82, 2.24) is 0 Å². The number of unbranched alkanes of at least 4 members (excludes halogenated alkanes) is 6. The normalized spacial score (nSPS) is 25.2. The Balaban J connectivity index is 0.000000236. The lowest BCUT2D eigenvalue weighted by Crippen LogP contribution is -2.44. The van der Waals surface area contributed by atoms with Crippen LogP contribution in [-0.2, 0) is 23.6 Å². The minimum atomic E-state index is -2.64. The lowest BCUT2D eigenvalue weighted by atomic mass is 9.52. The first kappa shape index (κ1) is 57.4. The molecular weight excluding hydrogens is 903 g/mol. The van der Waals surface area contributed by atoms with E-state index in [2.05, 4.69) is 147 Å². The second-order valence-electron chi connectivity index (χ2n) is 23.4. The summed E-state index contributed by atoms with van der Waals surface area (Å²) in [5.74, 6) is 1.61. The first-order valence-corrected chi connectivity index (χ1v) is 29.9. The van der Waals surface area contributed by atoms with Crippen molar-refractivity contribution in [3.63, 3.8) is 0 Å². The molecule has 1 nitrogen and oxygen atoms in total. The predicted molar refractivity (Wildman–Crippen MR) is 311 cm³/mol. The van der Waals surface area contributed by atoms with Crippen molar-refractivity contribution in [1.29, 1.82) is 0 Å². The average molecular weight is 998 g/mol. The summed E-state index contributed by atoms with van der Waals surface area (Å²) in [4.78, 5) is 0. The zero-order chi connectivity index (χ0) is 51.8. The van der Waals surface area contributed by atoms with Crippen molar-refractivity contribution >= 4 is 21.9 Å². The van der Waals surface area contributed by atoms with E-state index in [1.54, 1.807) is 33.4 Å². The molecule has 3 bridgehead atoms. The molecule has 6 unspecified atom stereocenters. The second kappa shape index (κ2) is 27.6. The van der Waals surface area contributed by atoms with E-state index >= 15 is 0 Å². The number of alkyl halides is 2.